The van der Waals surface area contributed by atoms with Gasteiger partial charge in [0.1, 0.15) is 0 Å². The zero-order valence-corrected chi connectivity index (χ0v) is 11.1. The van der Waals surface area contributed by atoms with Crippen molar-refractivity contribution in [3.8, 4) is 11.1 Å². The minimum absolute atomic E-state index is 0.180. The highest BCUT2D eigenvalue weighted by molar-refractivity contribution is 5.63. The predicted octanol–water partition coefficient (Wildman–Crippen LogP) is 3.80. The van der Waals surface area contributed by atoms with Crippen LogP contribution in [0, 0.1) is 0 Å². The quantitative estimate of drug-likeness (QED) is 0.778. The normalized spacial score (nSPS) is 12.1. The highest BCUT2D eigenvalue weighted by Crippen LogP contribution is 2.23. The van der Waals surface area contributed by atoms with Gasteiger partial charge in [0.2, 0.25) is 0 Å². The van der Waals surface area contributed by atoms with Crippen molar-refractivity contribution in [2.24, 2.45) is 5.73 Å². The molecule has 1 atom stereocenters. The van der Waals surface area contributed by atoms with Crippen LogP contribution in [-0.2, 0) is 0 Å². The van der Waals surface area contributed by atoms with E-state index in [1.807, 2.05) is 36.4 Å². The Morgan fingerprint density at radius 3 is 2.00 bits per heavy atom. The van der Waals surface area contributed by atoms with Crippen LogP contribution in [-0.4, -0.2) is 4.98 Å². The van der Waals surface area contributed by atoms with E-state index in [1.165, 1.54) is 11.1 Å². The first kappa shape index (κ1) is 12.6. The van der Waals surface area contributed by atoms with Gasteiger partial charge in [0.15, 0.2) is 0 Å². The summed E-state index contributed by atoms with van der Waals surface area (Å²) in [4.78, 5) is 4.31. The second kappa shape index (κ2) is 5.68. The minimum atomic E-state index is -0.180. The minimum Gasteiger partial charge on any atom is -0.319 e. The predicted molar refractivity (Wildman–Crippen MR) is 82.1 cm³/mol. The topological polar surface area (TPSA) is 38.9 Å². The fourth-order valence-electron chi connectivity index (χ4n) is 2.24. The van der Waals surface area contributed by atoms with Crippen molar-refractivity contribution >= 4 is 0 Å². The largest absolute Gasteiger partial charge is 0.319 e. The van der Waals surface area contributed by atoms with Gasteiger partial charge < -0.3 is 5.73 Å². The Bertz CT molecular complexity index is 661. The summed E-state index contributed by atoms with van der Waals surface area (Å²) in [6, 6.07) is 24.3. The van der Waals surface area contributed by atoms with Crippen molar-refractivity contribution in [3.63, 3.8) is 0 Å². The fraction of sp³-hybridized carbons (Fsp3) is 0.0556. The van der Waals surface area contributed by atoms with E-state index in [9.17, 15) is 0 Å². The first-order valence-corrected chi connectivity index (χ1v) is 6.66. The molecule has 0 amide bonds. The highest BCUT2D eigenvalue weighted by Gasteiger charge is 2.09. The van der Waals surface area contributed by atoms with E-state index in [4.69, 9.17) is 5.73 Å². The molecule has 3 rings (SSSR count). The second-order valence-corrected chi connectivity index (χ2v) is 4.72. The summed E-state index contributed by atoms with van der Waals surface area (Å²) in [6.45, 7) is 0. The molecule has 20 heavy (non-hydrogen) atoms. The summed E-state index contributed by atoms with van der Waals surface area (Å²) in [5.74, 6) is 0. The van der Waals surface area contributed by atoms with Gasteiger partial charge in [-0.2, -0.15) is 0 Å². The molecule has 2 nitrogen and oxygen atoms in total. The lowest BCUT2D eigenvalue weighted by molar-refractivity contribution is 0.829. The Hall–Kier alpha value is -2.45. The van der Waals surface area contributed by atoms with Gasteiger partial charge in [-0.1, -0.05) is 60.7 Å². The van der Waals surface area contributed by atoms with Gasteiger partial charge in [-0.25, -0.2) is 0 Å². The van der Waals surface area contributed by atoms with E-state index >= 15 is 0 Å². The maximum atomic E-state index is 6.24. The molecule has 0 bridgehead atoms. The van der Waals surface area contributed by atoms with Gasteiger partial charge in [-0.15, -0.1) is 0 Å². The molecule has 2 heteroatoms. The van der Waals surface area contributed by atoms with Crippen LogP contribution in [0.2, 0.25) is 0 Å². The van der Waals surface area contributed by atoms with Crippen molar-refractivity contribution in [2.75, 3.05) is 0 Å². The Morgan fingerprint density at radius 1 is 0.700 bits per heavy atom. The molecule has 3 aromatic rings. The number of pyridine rings is 1. The van der Waals surface area contributed by atoms with Crippen LogP contribution in [0.5, 0.6) is 0 Å². The monoisotopic (exact) mass is 260 g/mol. The van der Waals surface area contributed by atoms with Crippen LogP contribution in [0.25, 0.3) is 11.1 Å². The van der Waals surface area contributed by atoms with E-state index in [-0.39, 0.29) is 6.04 Å². The first-order valence-electron chi connectivity index (χ1n) is 6.66. The number of benzene rings is 2. The smallest absolute Gasteiger partial charge is 0.0726 e. The maximum Gasteiger partial charge on any atom is 0.0726 e. The van der Waals surface area contributed by atoms with Gasteiger partial charge in [-0.05, 0) is 28.8 Å². The van der Waals surface area contributed by atoms with E-state index < -0.39 is 0 Å². The van der Waals surface area contributed by atoms with E-state index in [2.05, 4.69) is 41.4 Å². The van der Waals surface area contributed by atoms with Gasteiger partial charge in [0, 0.05) is 6.20 Å². The molecule has 0 aliphatic carbocycles. The Labute approximate surface area is 118 Å². The number of aromatic nitrogens is 1. The van der Waals surface area contributed by atoms with Crippen molar-refractivity contribution in [3.05, 3.63) is 90.3 Å². The molecule has 0 saturated heterocycles. The molecule has 0 radical (unpaired) electrons. The average Bonchev–Trinajstić information content (AvgIpc) is 2.56. The molecule has 0 spiro atoms. The Kier molecular flexibility index (Phi) is 3.57. The molecule has 2 N–H and O–H groups in total. The third-order valence-electron chi connectivity index (χ3n) is 3.38. The van der Waals surface area contributed by atoms with Gasteiger partial charge in [0.25, 0.3) is 0 Å². The van der Waals surface area contributed by atoms with Crippen molar-refractivity contribution < 1.29 is 0 Å². The number of nitrogens with two attached hydrogens (primary N) is 1. The van der Waals surface area contributed by atoms with Crippen LogP contribution < -0.4 is 5.73 Å². The van der Waals surface area contributed by atoms with E-state index in [0.717, 1.165) is 11.3 Å². The zero-order chi connectivity index (χ0) is 13.8. The standard InChI is InChI=1S/C18H16N2/c19-18(17-8-4-5-13-20-17)16-11-9-15(10-12-16)14-6-2-1-3-7-14/h1-13,18H,19H2. The number of hydrogen-bond donors (Lipinski definition) is 1. The van der Waals surface area contributed by atoms with Crippen LogP contribution in [0.1, 0.15) is 17.3 Å². The number of nitrogens with zero attached hydrogens (tertiary/aromatic N) is 1. The van der Waals surface area contributed by atoms with Gasteiger partial charge in [-0.3, -0.25) is 4.98 Å². The molecular weight excluding hydrogens is 244 g/mol. The highest BCUT2D eigenvalue weighted by atomic mass is 14.8. The average molecular weight is 260 g/mol. The number of hydrogen-bond acceptors (Lipinski definition) is 2. The fourth-order valence-corrected chi connectivity index (χ4v) is 2.24. The third-order valence-corrected chi connectivity index (χ3v) is 3.38. The summed E-state index contributed by atoms with van der Waals surface area (Å²) in [7, 11) is 0. The molecule has 0 saturated carbocycles. The van der Waals surface area contributed by atoms with Crippen LogP contribution in [0.15, 0.2) is 79.0 Å². The first-order chi connectivity index (χ1) is 9.84. The van der Waals surface area contributed by atoms with Crippen LogP contribution in [0.4, 0.5) is 0 Å². The maximum absolute atomic E-state index is 6.24. The summed E-state index contributed by atoms with van der Waals surface area (Å²) >= 11 is 0. The summed E-state index contributed by atoms with van der Waals surface area (Å²) in [6.07, 6.45) is 1.77. The van der Waals surface area contributed by atoms with Gasteiger partial charge in [0.05, 0.1) is 11.7 Å². The number of rotatable bonds is 3. The van der Waals surface area contributed by atoms with Gasteiger partial charge >= 0.3 is 0 Å². The summed E-state index contributed by atoms with van der Waals surface area (Å²) in [5.41, 5.74) is 10.6. The molecule has 1 heterocycles. The van der Waals surface area contributed by atoms with Crippen molar-refractivity contribution in [2.45, 2.75) is 6.04 Å². The van der Waals surface area contributed by atoms with Crippen molar-refractivity contribution in [1.29, 1.82) is 0 Å². The molecular formula is C18H16N2. The SMILES string of the molecule is NC(c1ccc(-c2ccccc2)cc1)c1ccccn1. The second-order valence-electron chi connectivity index (χ2n) is 4.72. The van der Waals surface area contributed by atoms with Crippen molar-refractivity contribution in [1.82, 2.24) is 4.98 Å². The summed E-state index contributed by atoms with van der Waals surface area (Å²) in [5, 5.41) is 0. The molecule has 0 fully saturated rings. The molecule has 98 valence electrons. The van der Waals surface area contributed by atoms with Crippen LogP contribution in [0.3, 0.4) is 0 Å². The van der Waals surface area contributed by atoms with Crippen LogP contribution >= 0.6 is 0 Å². The molecule has 1 aromatic heterocycles. The lowest BCUT2D eigenvalue weighted by Crippen LogP contribution is -2.13. The summed E-state index contributed by atoms with van der Waals surface area (Å²) < 4.78 is 0. The Balaban J connectivity index is 1.87. The Morgan fingerprint density at radius 2 is 1.35 bits per heavy atom. The lowest BCUT2D eigenvalue weighted by Gasteiger charge is -2.12. The van der Waals surface area contributed by atoms with E-state index in [0.29, 0.717) is 0 Å². The van der Waals surface area contributed by atoms with E-state index in [1.54, 1.807) is 6.20 Å². The lowest BCUT2D eigenvalue weighted by atomic mass is 9.99. The molecule has 2 aromatic carbocycles. The molecule has 0 aliphatic heterocycles. The third kappa shape index (κ3) is 2.60. The molecule has 0 aliphatic rings. The zero-order valence-electron chi connectivity index (χ0n) is 11.1. The molecule has 1 unspecified atom stereocenters.